The molecule has 2 aromatic carbocycles. The lowest BCUT2D eigenvalue weighted by atomic mass is 10.1. The number of Topliss-reactive ketones (excluding diaryl/α,β-unsaturated/α-hetero) is 1. The zero-order valence-corrected chi connectivity index (χ0v) is 13.6. The Kier molecular flexibility index (Phi) is 5.16. The minimum atomic E-state index is -2.95. The van der Waals surface area contributed by atoms with Crippen molar-refractivity contribution in [1.82, 2.24) is 0 Å². The largest absolute Gasteiger partial charge is 0.544 e. The Morgan fingerprint density at radius 1 is 1.11 bits per heavy atom. The van der Waals surface area contributed by atoms with E-state index >= 15 is 0 Å². The summed E-state index contributed by atoms with van der Waals surface area (Å²) in [6, 6.07) is 13.9. The van der Waals surface area contributed by atoms with Crippen LogP contribution in [0.4, 0.5) is 14.5 Å². The van der Waals surface area contributed by atoms with Crippen molar-refractivity contribution in [1.29, 1.82) is 0 Å². The quantitative estimate of drug-likeness (QED) is 0.618. The average molecular weight is 372 g/mol. The third-order valence-corrected chi connectivity index (χ3v) is 3.53. The molecule has 8 heteroatoms. The van der Waals surface area contributed by atoms with Crippen LogP contribution in [-0.4, -0.2) is 18.4 Å². The molecule has 0 saturated carbocycles. The van der Waals surface area contributed by atoms with E-state index in [0.29, 0.717) is 11.3 Å². The van der Waals surface area contributed by atoms with Gasteiger partial charge in [-0.05, 0) is 35.9 Å². The predicted molar refractivity (Wildman–Crippen MR) is 89.2 cm³/mol. The van der Waals surface area contributed by atoms with Crippen molar-refractivity contribution in [3.63, 3.8) is 0 Å². The Hall–Kier alpha value is -3.68. The van der Waals surface area contributed by atoms with Crippen LogP contribution in [0.25, 0.3) is 6.08 Å². The molecule has 0 radical (unpaired) electrons. The van der Waals surface area contributed by atoms with Gasteiger partial charge in [0.15, 0.2) is 5.76 Å². The highest BCUT2D eigenvalue weighted by Crippen LogP contribution is 2.28. The van der Waals surface area contributed by atoms with Crippen LogP contribution < -0.4 is 15.2 Å². The van der Waals surface area contributed by atoms with Gasteiger partial charge >= 0.3 is 6.61 Å². The van der Waals surface area contributed by atoms with E-state index in [2.05, 4.69) is 10.1 Å². The van der Waals surface area contributed by atoms with Crippen LogP contribution in [0.15, 0.2) is 71.8 Å². The first kappa shape index (κ1) is 18.1. The van der Waals surface area contributed by atoms with Gasteiger partial charge in [0.2, 0.25) is 11.7 Å². The number of aliphatic carboxylic acids is 1. The standard InChI is InChI=1S/C19H13F2NO5/c20-19(21)26-13-8-6-11(7-9-13)10-14-16(23)15(18(24)25)17(27-14)22-12-4-2-1-3-5-12/h1-10,19,22H,(H,24,25)/p-1/b14-10-. The molecule has 0 spiro atoms. The van der Waals surface area contributed by atoms with Gasteiger partial charge in [-0.2, -0.15) is 8.78 Å². The summed E-state index contributed by atoms with van der Waals surface area (Å²) in [6.07, 6.45) is 1.29. The highest BCUT2D eigenvalue weighted by Gasteiger charge is 2.31. The monoisotopic (exact) mass is 372 g/mol. The minimum absolute atomic E-state index is 0.0502. The van der Waals surface area contributed by atoms with E-state index in [1.54, 1.807) is 30.3 Å². The van der Waals surface area contributed by atoms with E-state index in [9.17, 15) is 23.5 Å². The first-order valence-corrected chi connectivity index (χ1v) is 7.71. The molecule has 0 aromatic heterocycles. The van der Waals surface area contributed by atoms with E-state index in [1.165, 1.54) is 30.3 Å². The molecule has 0 unspecified atom stereocenters. The maximum absolute atomic E-state index is 12.3. The van der Waals surface area contributed by atoms with Crippen molar-refractivity contribution in [2.45, 2.75) is 6.61 Å². The molecule has 1 aliphatic heterocycles. The number of rotatable bonds is 6. The van der Waals surface area contributed by atoms with Gasteiger partial charge in [0.05, 0.1) is 5.97 Å². The maximum atomic E-state index is 12.3. The summed E-state index contributed by atoms with van der Waals surface area (Å²) in [5.74, 6) is -3.08. The summed E-state index contributed by atoms with van der Waals surface area (Å²) in [4.78, 5) is 23.7. The summed E-state index contributed by atoms with van der Waals surface area (Å²) in [6.45, 7) is -2.95. The zero-order valence-electron chi connectivity index (χ0n) is 13.6. The van der Waals surface area contributed by atoms with Gasteiger partial charge in [0.25, 0.3) is 0 Å². The Morgan fingerprint density at radius 3 is 2.37 bits per heavy atom. The molecule has 138 valence electrons. The van der Waals surface area contributed by atoms with Crippen LogP contribution in [0, 0.1) is 0 Å². The van der Waals surface area contributed by atoms with Gasteiger partial charge in [-0.3, -0.25) is 4.79 Å². The molecule has 1 aliphatic rings. The Labute approximate surface area is 152 Å². The average Bonchev–Trinajstić information content (AvgIpc) is 2.92. The number of benzene rings is 2. The predicted octanol–water partition coefficient (Wildman–Crippen LogP) is 2.30. The number of ether oxygens (including phenoxy) is 2. The molecule has 27 heavy (non-hydrogen) atoms. The summed E-state index contributed by atoms with van der Waals surface area (Å²) in [5, 5.41) is 14.1. The molecule has 1 N–H and O–H groups in total. The number of allylic oxidation sites excluding steroid dienone is 1. The van der Waals surface area contributed by atoms with Crippen LogP contribution in [0.1, 0.15) is 5.56 Å². The number of hydrogen-bond acceptors (Lipinski definition) is 6. The number of anilines is 1. The number of carbonyl (C=O) groups excluding carboxylic acids is 2. The smallest absolute Gasteiger partial charge is 0.387 e. The first-order valence-electron chi connectivity index (χ1n) is 7.71. The number of ketones is 1. The summed E-state index contributed by atoms with van der Waals surface area (Å²) in [5.41, 5.74) is 0.315. The van der Waals surface area contributed by atoms with Crippen LogP contribution in [0.2, 0.25) is 0 Å². The van der Waals surface area contributed by atoms with E-state index in [-0.39, 0.29) is 17.4 Å². The van der Waals surface area contributed by atoms with Crippen molar-refractivity contribution < 1.29 is 33.0 Å². The van der Waals surface area contributed by atoms with E-state index in [0.717, 1.165) is 0 Å². The van der Waals surface area contributed by atoms with Crippen molar-refractivity contribution in [3.8, 4) is 5.75 Å². The van der Waals surface area contributed by atoms with Crippen molar-refractivity contribution in [3.05, 3.63) is 77.4 Å². The van der Waals surface area contributed by atoms with Gasteiger partial charge in [-0.25, -0.2) is 0 Å². The molecular weight excluding hydrogens is 360 g/mol. The Morgan fingerprint density at radius 2 is 1.78 bits per heavy atom. The van der Waals surface area contributed by atoms with Crippen molar-refractivity contribution in [2.24, 2.45) is 0 Å². The molecule has 0 fully saturated rings. The molecule has 0 atom stereocenters. The molecule has 1 heterocycles. The molecular formula is C19H12F2NO5-. The van der Waals surface area contributed by atoms with Crippen LogP contribution in [-0.2, 0) is 14.3 Å². The normalized spacial score (nSPS) is 15.2. The Balaban J connectivity index is 1.83. The van der Waals surface area contributed by atoms with Gasteiger partial charge in [-0.15, -0.1) is 0 Å². The van der Waals surface area contributed by atoms with Gasteiger partial charge in [0.1, 0.15) is 11.3 Å². The lowest BCUT2D eigenvalue weighted by Gasteiger charge is -2.09. The van der Waals surface area contributed by atoms with E-state index < -0.39 is 23.9 Å². The summed E-state index contributed by atoms with van der Waals surface area (Å²) < 4.78 is 33.9. The number of hydrogen-bond donors (Lipinski definition) is 1. The van der Waals surface area contributed by atoms with Crippen molar-refractivity contribution >= 4 is 23.5 Å². The third kappa shape index (κ3) is 4.30. The highest BCUT2D eigenvalue weighted by molar-refractivity contribution is 6.25. The van der Waals surface area contributed by atoms with Crippen LogP contribution in [0.5, 0.6) is 5.75 Å². The van der Waals surface area contributed by atoms with E-state index in [4.69, 9.17) is 4.74 Å². The Bertz CT molecular complexity index is 921. The number of carboxylic acids is 1. The number of carboxylic acid groups (broad SMARTS) is 1. The number of para-hydroxylation sites is 1. The molecule has 6 nitrogen and oxygen atoms in total. The summed E-state index contributed by atoms with van der Waals surface area (Å²) >= 11 is 0. The molecule has 0 aliphatic carbocycles. The molecule has 0 amide bonds. The number of nitrogens with one attached hydrogen (secondary N) is 1. The number of alkyl halides is 2. The lowest BCUT2D eigenvalue weighted by Crippen LogP contribution is -2.28. The second-order valence-corrected chi connectivity index (χ2v) is 5.37. The highest BCUT2D eigenvalue weighted by atomic mass is 19.3. The SMILES string of the molecule is O=C([O-])C1=C(Nc2ccccc2)O/C(=C\c2ccc(OC(F)F)cc2)C1=O. The fourth-order valence-electron chi connectivity index (χ4n) is 2.35. The summed E-state index contributed by atoms with van der Waals surface area (Å²) in [7, 11) is 0. The van der Waals surface area contributed by atoms with Crippen LogP contribution >= 0.6 is 0 Å². The van der Waals surface area contributed by atoms with Gasteiger partial charge in [-0.1, -0.05) is 30.3 Å². The lowest BCUT2D eigenvalue weighted by molar-refractivity contribution is -0.298. The topological polar surface area (TPSA) is 87.7 Å². The second-order valence-electron chi connectivity index (χ2n) is 5.37. The molecule has 3 rings (SSSR count). The van der Waals surface area contributed by atoms with Gasteiger partial charge in [0, 0.05) is 5.69 Å². The molecule has 0 saturated heterocycles. The minimum Gasteiger partial charge on any atom is -0.544 e. The molecule has 0 bridgehead atoms. The number of carbonyl (C=O) groups is 2. The third-order valence-electron chi connectivity index (χ3n) is 3.53. The van der Waals surface area contributed by atoms with Gasteiger partial charge < -0.3 is 24.7 Å². The number of halogens is 2. The first-order chi connectivity index (χ1) is 12.9. The van der Waals surface area contributed by atoms with Crippen molar-refractivity contribution in [2.75, 3.05) is 5.32 Å². The molecule has 2 aromatic rings. The fourth-order valence-corrected chi connectivity index (χ4v) is 2.35. The fraction of sp³-hybridized carbons (Fsp3) is 0.0526. The van der Waals surface area contributed by atoms with Crippen LogP contribution in [0.3, 0.4) is 0 Å². The van der Waals surface area contributed by atoms with E-state index in [1.807, 2.05) is 0 Å². The second kappa shape index (κ2) is 7.69. The zero-order chi connectivity index (χ0) is 19.4. The maximum Gasteiger partial charge on any atom is 0.387 e.